The number of ether oxygens (including phenoxy) is 2. The topological polar surface area (TPSA) is 18.5 Å². The van der Waals surface area contributed by atoms with Gasteiger partial charge in [0.25, 0.3) is 0 Å². The molecule has 0 saturated heterocycles. The average Bonchev–Trinajstić information content (AvgIpc) is 2.31. The first-order valence-electron chi connectivity index (χ1n) is 5.69. The van der Waals surface area contributed by atoms with Crippen LogP contribution in [0.5, 0.6) is 11.5 Å². The molecule has 1 aliphatic carbocycles. The Labute approximate surface area is 91.2 Å². The Morgan fingerprint density at radius 1 is 1.07 bits per heavy atom. The first-order chi connectivity index (χ1) is 7.38. The molecule has 0 unspecified atom stereocenters. The first-order valence-corrected chi connectivity index (χ1v) is 5.69. The van der Waals surface area contributed by atoms with Gasteiger partial charge in [-0.3, -0.25) is 0 Å². The molecule has 1 fully saturated rings. The maximum atomic E-state index is 5.92. The molecule has 2 nitrogen and oxygen atoms in total. The van der Waals surface area contributed by atoms with E-state index in [0.29, 0.717) is 6.10 Å². The third-order valence-electron chi connectivity index (χ3n) is 2.90. The smallest absolute Gasteiger partial charge is 0.123 e. The monoisotopic (exact) mass is 206 g/mol. The van der Waals surface area contributed by atoms with Crippen molar-refractivity contribution < 1.29 is 9.47 Å². The van der Waals surface area contributed by atoms with E-state index >= 15 is 0 Å². The summed E-state index contributed by atoms with van der Waals surface area (Å²) >= 11 is 0. The van der Waals surface area contributed by atoms with Crippen LogP contribution in [0.2, 0.25) is 0 Å². The molecule has 0 radical (unpaired) electrons. The van der Waals surface area contributed by atoms with E-state index < -0.39 is 0 Å². The second-order valence-electron chi connectivity index (χ2n) is 4.06. The van der Waals surface area contributed by atoms with Crippen molar-refractivity contribution in [3.8, 4) is 11.5 Å². The Balaban J connectivity index is 1.96. The largest absolute Gasteiger partial charge is 0.497 e. The summed E-state index contributed by atoms with van der Waals surface area (Å²) in [6, 6.07) is 7.86. The van der Waals surface area contributed by atoms with Crippen molar-refractivity contribution in [3.63, 3.8) is 0 Å². The van der Waals surface area contributed by atoms with E-state index in [1.54, 1.807) is 7.11 Å². The molecule has 1 saturated carbocycles. The molecule has 2 heteroatoms. The molecule has 0 bridgehead atoms. The molecule has 0 N–H and O–H groups in total. The van der Waals surface area contributed by atoms with Gasteiger partial charge >= 0.3 is 0 Å². The van der Waals surface area contributed by atoms with Crippen molar-refractivity contribution in [3.05, 3.63) is 24.3 Å². The highest BCUT2D eigenvalue weighted by Crippen LogP contribution is 2.25. The van der Waals surface area contributed by atoms with Crippen LogP contribution in [0, 0.1) is 0 Å². The Hall–Kier alpha value is -1.18. The van der Waals surface area contributed by atoms with Crippen LogP contribution < -0.4 is 9.47 Å². The normalized spacial score (nSPS) is 17.4. The second kappa shape index (κ2) is 5.06. The van der Waals surface area contributed by atoms with E-state index in [1.807, 2.05) is 24.3 Å². The molecular weight excluding hydrogens is 188 g/mol. The van der Waals surface area contributed by atoms with Gasteiger partial charge in [-0.15, -0.1) is 0 Å². The molecule has 0 atom stereocenters. The quantitative estimate of drug-likeness (QED) is 0.754. The van der Waals surface area contributed by atoms with Crippen molar-refractivity contribution in [2.24, 2.45) is 0 Å². The van der Waals surface area contributed by atoms with Crippen LogP contribution in [-0.2, 0) is 0 Å². The zero-order valence-corrected chi connectivity index (χ0v) is 9.24. The fourth-order valence-electron chi connectivity index (χ4n) is 2.05. The van der Waals surface area contributed by atoms with Crippen molar-refractivity contribution in [2.45, 2.75) is 38.2 Å². The molecule has 0 spiro atoms. The number of benzene rings is 1. The number of hydrogen-bond donors (Lipinski definition) is 0. The number of hydrogen-bond acceptors (Lipinski definition) is 2. The van der Waals surface area contributed by atoms with Crippen LogP contribution in [0.15, 0.2) is 24.3 Å². The molecule has 0 amide bonds. The molecule has 2 rings (SSSR count). The molecule has 1 aromatic rings. The zero-order chi connectivity index (χ0) is 10.5. The Morgan fingerprint density at radius 3 is 2.53 bits per heavy atom. The van der Waals surface area contributed by atoms with Crippen molar-refractivity contribution in [1.29, 1.82) is 0 Å². The van der Waals surface area contributed by atoms with Crippen LogP contribution >= 0.6 is 0 Å². The minimum atomic E-state index is 0.408. The minimum Gasteiger partial charge on any atom is -0.497 e. The molecule has 82 valence electrons. The number of rotatable bonds is 3. The second-order valence-corrected chi connectivity index (χ2v) is 4.06. The van der Waals surface area contributed by atoms with E-state index in [1.165, 1.54) is 32.1 Å². The molecule has 0 aromatic heterocycles. The third kappa shape index (κ3) is 2.88. The van der Waals surface area contributed by atoms with Crippen molar-refractivity contribution in [2.75, 3.05) is 7.11 Å². The molecule has 0 aliphatic heterocycles. The van der Waals surface area contributed by atoms with E-state index in [4.69, 9.17) is 9.47 Å². The molecular formula is C13H18O2. The van der Waals surface area contributed by atoms with E-state index in [0.717, 1.165) is 11.5 Å². The van der Waals surface area contributed by atoms with E-state index in [9.17, 15) is 0 Å². The lowest BCUT2D eigenvalue weighted by Crippen LogP contribution is -2.19. The van der Waals surface area contributed by atoms with Crippen LogP contribution in [-0.4, -0.2) is 13.2 Å². The summed E-state index contributed by atoms with van der Waals surface area (Å²) < 4.78 is 11.1. The molecule has 15 heavy (non-hydrogen) atoms. The van der Waals surface area contributed by atoms with Gasteiger partial charge in [0.05, 0.1) is 13.2 Å². The maximum Gasteiger partial charge on any atom is 0.123 e. The Bertz CT molecular complexity index is 303. The predicted molar refractivity (Wildman–Crippen MR) is 60.5 cm³/mol. The lowest BCUT2D eigenvalue weighted by atomic mass is 9.98. The third-order valence-corrected chi connectivity index (χ3v) is 2.90. The van der Waals surface area contributed by atoms with Gasteiger partial charge in [-0.05, 0) is 37.8 Å². The summed E-state index contributed by atoms with van der Waals surface area (Å²) in [6.07, 6.45) is 6.75. The standard InChI is InChI=1S/C13H18O2/c1-14-12-8-5-9-13(10-12)15-11-6-3-2-4-7-11/h5,8-11H,2-4,6-7H2,1H3. The van der Waals surface area contributed by atoms with Gasteiger partial charge in [-0.25, -0.2) is 0 Å². The van der Waals surface area contributed by atoms with Gasteiger partial charge in [-0.1, -0.05) is 12.5 Å². The average molecular weight is 206 g/mol. The molecule has 1 aromatic carbocycles. The van der Waals surface area contributed by atoms with E-state index in [2.05, 4.69) is 0 Å². The van der Waals surface area contributed by atoms with Crippen LogP contribution in [0.1, 0.15) is 32.1 Å². The molecule has 1 aliphatic rings. The van der Waals surface area contributed by atoms with Gasteiger partial charge in [0.2, 0.25) is 0 Å². The van der Waals surface area contributed by atoms with Gasteiger partial charge in [0, 0.05) is 6.07 Å². The fraction of sp³-hybridized carbons (Fsp3) is 0.538. The van der Waals surface area contributed by atoms with E-state index in [-0.39, 0.29) is 0 Å². The first kappa shape index (κ1) is 10.3. The van der Waals surface area contributed by atoms with Gasteiger partial charge in [0.15, 0.2) is 0 Å². The highest BCUT2D eigenvalue weighted by Gasteiger charge is 2.14. The highest BCUT2D eigenvalue weighted by molar-refractivity contribution is 5.32. The van der Waals surface area contributed by atoms with Crippen LogP contribution in [0.4, 0.5) is 0 Å². The lowest BCUT2D eigenvalue weighted by Gasteiger charge is -2.23. The Morgan fingerprint density at radius 2 is 1.80 bits per heavy atom. The Kier molecular flexibility index (Phi) is 3.49. The van der Waals surface area contributed by atoms with Gasteiger partial charge in [0.1, 0.15) is 11.5 Å². The summed E-state index contributed by atoms with van der Waals surface area (Å²) in [5.41, 5.74) is 0. The maximum absolute atomic E-state index is 5.92. The summed E-state index contributed by atoms with van der Waals surface area (Å²) in [5.74, 6) is 1.80. The SMILES string of the molecule is COc1cccc(OC2CCCCC2)c1. The fourth-order valence-corrected chi connectivity index (χ4v) is 2.05. The van der Waals surface area contributed by atoms with Crippen LogP contribution in [0.25, 0.3) is 0 Å². The summed E-state index contributed by atoms with van der Waals surface area (Å²) in [7, 11) is 1.68. The highest BCUT2D eigenvalue weighted by atomic mass is 16.5. The lowest BCUT2D eigenvalue weighted by molar-refractivity contribution is 0.154. The zero-order valence-electron chi connectivity index (χ0n) is 9.24. The van der Waals surface area contributed by atoms with Crippen LogP contribution in [0.3, 0.4) is 0 Å². The summed E-state index contributed by atoms with van der Waals surface area (Å²) in [4.78, 5) is 0. The molecule has 0 heterocycles. The summed E-state index contributed by atoms with van der Waals surface area (Å²) in [6.45, 7) is 0. The van der Waals surface area contributed by atoms with Gasteiger partial charge < -0.3 is 9.47 Å². The van der Waals surface area contributed by atoms with Crippen molar-refractivity contribution in [1.82, 2.24) is 0 Å². The van der Waals surface area contributed by atoms with Crippen molar-refractivity contribution >= 4 is 0 Å². The summed E-state index contributed by atoms with van der Waals surface area (Å²) in [5, 5.41) is 0. The number of methoxy groups -OCH3 is 1. The minimum absolute atomic E-state index is 0.408. The van der Waals surface area contributed by atoms with Gasteiger partial charge in [-0.2, -0.15) is 0 Å². The predicted octanol–water partition coefficient (Wildman–Crippen LogP) is 3.41.